The number of nitrogens with two attached hydrogens (primary N) is 1. The number of methoxy groups -OCH3 is 1. The normalized spacial score (nSPS) is 18.3. The fraction of sp³-hybridized carbons (Fsp3) is 0.463. The molecule has 1 aliphatic carbocycles. The lowest BCUT2D eigenvalue weighted by molar-refractivity contribution is -0.136. The summed E-state index contributed by atoms with van der Waals surface area (Å²) in [4.78, 5) is 70.4. The number of alkyl carbamates (subject to hydrolysis) is 1. The summed E-state index contributed by atoms with van der Waals surface area (Å²) in [5.41, 5.74) is 10.4. The van der Waals surface area contributed by atoms with Crippen molar-refractivity contribution in [2.75, 3.05) is 26.7 Å². The molecule has 2 aromatic carbocycles. The Balaban J connectivity index is 0.00000233. The molecule has 14 nitrogen and oxygen atoms in total. The van der Waals surface area contributed by atoms with Crippen molar-refractivity contribution in [1.29, 1.82) is 0 Å². The molecule has 3 aliphatic rings. The summed E-state index contributed by atoms with van der Waals surface area (Å²) in [5.74, 6) is 7.63. The van der Waals surface area contributed by atoms with Gasteiger partial charge in [-0.2, -0.15) is 54.0 Å². The van der Waals surface area contributed by atoms with Gasteiger partial charge in [0.25, 0.3) is 0 Å². The molecular weight excluding hydrogens is 827 g/mol. The van der Waals surface area contributed by atoms with Gasteiger partial charge in [0.1, 0.15) is 17.7 Å². The number of aromatic amines is 2. The van der Waals surface area contributed by atoms with Crippen LogP contribution < -0.4 is 16.4 Å². The Morgan fingerprint density at radius 3 is 2.29 bits per heavy atom. The van der Waals surface area contributed by atoms with Gasteiger partial charge in [-0.25, -0.2) is 19.6 Å². The van der Waals surface area contributed by atoms with Crippen LogP contribution in [0.1, 0.15) is 94.2 Å². The van der Waals surface area contributed by atoms with E-state index in [1.165, 1.54) is 7.11 Å². The predicted molar refractivity (Wildman–Crippen MR) is 248 cm³/mol. The average molecular weight is 884 g/mol. The number of fused-ring (bicyclic) bond motifs is 1. The molecule has 2 saturated heterocycles. The summed E-state index contributed by atoms with van der Waals surface area (Å²) in [5, 5.41) is 5.29. The van der Waals surface area contributed by atoms with Gasteiger partial charge in [-0.05, 0) is 85.8 Å². The number of ether oxygens (including phenoxy) is 1. The minimum atomic E-state index is -0.693. The Kier molecular flexibility index (Phi) is 17.2. The maximum absolute atomic E-state index is 13.8. The predicted octanol–water partition coefficient (Wildman–Crippen LogP) is 5.60. The van der Waals surface area contributed by atoms with Gasteiger partial charge in [0, 0.05) is 36.7 Å². The lowest BCUT2D eigenvalue weighted by atomic mass is 10.0. The molecule has 5 amide bonds. The second-order valence-electron chi connectivity index (χ2n) is 15.6. The Morgan fingerprint density at radius 2 is 1.63 bits per heavy atom. The SMILES string of the molecule is COC(=O)N[C@H](C(=O)N1CC2(CC2)C[C@H]1c1nc2ccc(C#Cc3ccc(-c4cnc([C@@H]5CCCN5C(=O)[C@@H](C)CCNC(N)=O)[nH]4)cc3)cc2[nH]1)C(C)C.S.S.S.S. The van der Waals surface area contributed by atoms with Crippen molar-refractivity contribution >= 4 is 89.0 Å². The second-order valence-corrected chi connectivity index (χ2v) is 15.6. The van der Waals surface area contributed by atoms with E-state index in [1.807, 2.05) is 73.0 Å². The number of nitrogens with one attached hydrogen (secondary N) is 4. The number of urea groups is 1. The van der Waals surface area contributed by atoms with Crippen molar-refractivity contribution in [3.63, 3.8) is 0 Å². The third-order valence-corrected chi connectivity index (χ3v) is 11.2. The number of rotatable bonds is 10. The van der Waals surface area contributed by atoms with Gasteiger partial charge in [0.05, 0.1) is 42.1 Å². The van der Waals surface area contributed by atoms with Gasteiger partial charge in [-0.15, -0.1) is 0 Å². The number of hydrogen-bond acceptors (Lipinski definition) is 7. The van der Waals surface area contributed by atoms with Crippen LogP contribution in [0.3, 0.4) is 0 Å². The van der Waals surface area contributed by atoms with Gasteiger partial charge in [0.2, 0.25) is 11.8 Å². The van der Waals surface area contributed by atoms with E-state index >= 15 is 0 Å². The minimum Gasteiger partial charge on any atom is -0.453 e. The molecule has 7 rings (SSSR count). The number of imidazole rings is 2. The monoisotopic (exact) mass is 883 g/mol. The number of hydrogen-bond donors (Lipinski definition) is 5. The van der Waals surface area contributed by atoms with E-state index in [4.69, 9.17) is 15.5 Å². The third kappa shape index (κ3) is 11.0. The van der Waals surface area contributed by atoms with Gasteiger partial charge < -0.3 is 40.9 Å². The van der Waals surface area contributed by atoms with Crippen LogP contribution in [0, 0.1) is 29.1 Å². The molecule has 59 heavy (non-hydrogen) atoms. The molecule has 0 unspecified atom stereocenters. The van der Waals surface area contributed by atoms with Crippen LogP contribution in [0.15, 0.2) is 48.7 Å². The fourth-order valence-electron chi connectivity index (χ4n) is 7.88. The van der Waals surface area contributed by atoms with Gasteiger partial charge >= 0.3 is 12.1 Å². The molecule has 320 valence electrons. The smallest absolute Gasteiger partial charge is 0.407 e. The second kappa shape index (κ2) is 20.7. The summed E-state index contributed by atoms with van der Waals surface area (Å²) >= 11 is 0. The summed E-state index contributed by atoms with van der Waals surface area (Å²) in [7, 11) is 1.30. The lowest BCUT2D eigenvalue weighted by Gasteiger charge is -2.30. The molecule has 6 N–H and O–H groups in total. The highest BCUT2D eigenvalue weighted by Crippen LogP contribution is 2.58. The molecule has 2 aromatic heterocycles. The van der Waals surface area contributed by atoms with E-state index in [0.29, 0.717) is 26.1 Å². The number of primary amides is 1. The number of amides is 5. The van der Waals surface area contributed by atoms with Crippen molar-refractivity contribution in [3.8, 4) is 23.1 Å². The molecule has 0 radical (unpaired) electrons. The van der Waals surface area contributed by atoms with Crippen LogP contribution in [-0.2, 0) is 14.3 Å². The molecular formula is C41H57N9O5S4. The van der Waals surface area contributed by atoms with E-state index in [0.717, 1.165) is 77.2 Å². The van der Waals surface area contributed by atoms with Gasteiger partial charge in [-0.3, -0.25) is 9.59 Å². The van der Waals surface area contributed by atoms with Crippen LogP contribution in [0.4, 0.5) is 9.59 Å². The summed E-state index contributed by atoms with van der Waals surface area (Å²) in [6, 6.07) is 12.2. The van der Waals surface area contributed by atoms with E-state index < -0.39 is 18.2 Å². The van der Waals surface area contributed by atoms with Crippen molar-refractivity contribution in [2.24, 2.45) is 23.0 Å². The highest BCUT2D eigenvalue weighted by molar-refractivity contribution is 7.59. The Labute approximate surface area is 373 Å². The minimum absolute atomic E-state index is 0. The topological polar surface area (TPSA) is 191 Å². The number of nitrogens with zero attached hydrogens (tertiary/aromatic N) is 4. The molecule has 2 aliphatic heterocycles. The van der Waals surface area contributed by atoms with E-state index in [1.54, 1.807) is 6.20 Å². The number of carbonyl (C=O) groups is 4. The number of likely N-dealkylation sites (tertiary alicyclic amines) is 2. The molecule has 1 saturated carbocycles. The van der Waals surface area contributed by atoms with E-state index in [2.05, 4.69) is 37.4 Å². The first-order chi connectivity index (χ1) is 26.4. The van der Waals surface area contributed by atoms with Crippen molar-refractivity contribution in [1.82, 2.24) is 40.4 Å². The number of benzene rings is 2. The molecule has 4 atom stereocenters. The van der Waals surface area contributed by atoms with Crippen LogP contribution in [0.5, 0.6) is 0 Å². The van der Waals surface area contributed by atoms with Crippen LogP contribution >= 0.6 is 54.0 Å². The Bertz CT molecular complexity index is 2160. The number of aromatic nitrogens is 4. The standard InChI is InChI=1S/C41H49N9O5.4H2S/c1-24(2)34(48-40(54)55-4)38(52)50-23-41(16-17-41)21-33(50)36-45-29-14-11-27(20-30(29)46-36)8-7-26-9-12-28(13-10-26)31-22-44-35(47-31)32-6-5-19-49(32)37(51)25(3)15-18-43-39(42)53;;;;/h9-14,20,22,24-25,32-34H,5-6,15-19,21,23H2,1-4H3,(H,44,47)(H,45,46)(H,48,54)(H3,42,43,53);4*1H2/t25-,32-,33-,34-;;;;/m0..../s1. The zero-order valence-corrected chi connectivity index (χ0v) is 37.8. The first-order valence-corrected chi connectivity index (χ1v) is 19.1. The molecule has 4 heterocycles. The Hall–Kier alpha value is -4.44. The zero-order valence-electron chi connectivity index (χ0n) is 33.8. The molecule has 0 bridgehead atoms. The molecule has 1 spiro atoms. The van der Waals surface area contributed by atoms with Gasteiger partial charge in [0.15, 0.2) is 0 Å². The first kappa shape index (κ1) is 48.9. The maximum atomic E-state index is 13.8. The van der Waals surface area contributed by atoms with Crippen LogP contribution in [-0.4, -0.2) is 86.5 Å². The molecule has 4 aromatic rings. The van der Waals surface area contributed by atoms with Crippen molar-refractivity contribution < 1.29 is 23.9 Å². The summed E-state index contributed by atoms with van der Waals surface area (Å²) < 4.78 is 4.80. The van der Waals surface area contributed by atoms with Crippen LogP contribution in [0.2, 0.25) is 0 Å². The molecule has 18 heteroatoms. The maximum Gasteiger partial charge on any atom is 0.407 e. The fourth-order valence-corrected chi connectivity index (χ4v) is 7.88. The lowest BCUT2D eigenvalue weighted by Crippen LogP contribution is -2.51. The molecule has 3 fully saturated rings. The van der Waals surface area contributed by atoms with E-state index in [-0.39, 0.29) is 95.1 Å². The van der Waals surface area contributed by atoms with E-state index in [9.17, 15) is 19.2 Å². The quantitative estimate of drug-likeness (QED) is 0.128. The first-order valence-electron chi connectivity index (χ1n) is 19.1. The summed E-state index contributed by atoms with van der Waals surface area (Å²) in [6.45, 7) is 7.39. The highest BCUT2D eigenvalue weighted by atomic mass is 32.1. The zero-order chi connectivity index (χ0) is 38.9. The highest BCUT2D eigenvalue weighted by Gasteiger charge is 2.55. The number of carbonyl (C=O) groups excluding carboxylic acids is 4. The third-order valence-electron chi connectivity index (χ3n) is 11.2. The average Bonchev–Trinajstić information content (AvgIpc) is 3.66. The van der Waals surface area contributed by atoms with Crippen molar-refractivity contribution in [3.05, 3.63) is 71.4 Å². The summed E-state index contributed by atoms with van der Waals surface area (Å²) in [6.07, 6.45) is 6.43. The Morgan fingerprint density at radius 1 is 0.932 bits per heavy atom. The van der Waals surface area contributed by atoms with Gasteiger partial charge in [-0.1, -0.05) is 44.7 Å². The number of H-pyrrole nitrogens is 2. The van der Waals surface area contributed by atoms with Crippen LogP contribution in [0.25, 0.3) is 22.3 Å². The largest absolute Gasteiger partial charge is 0.453 e. The van der Waals surface area contributed by atoms with Crippen molar-refractivity contribution in [2.45, 2.75) is 77.4 Å².